The Kier molecular flexibility index (Phi) is 4.03. The van der Waals surface area contributed by atoms with Crippen LogP contribution in [0.2, 0.25) is 0 Å². The molecule has 2 atom stereocenters. The van der Waals surface area contributed by atoms with Gasteiger partial charge in [0.2, 0.25) is 0 Å². The summed E-state index contributed by atoms with van der Waals surface area (Å²) in [6.07, 6.45) is 3.18. The number of hydrogen-bond acceptors (Lipinski definition) is 2. The molecule has 2 rings (SSSR count). The summed E-state index contributed by atoms with van der Waals surface area (Å²) in [7, 11) is 0. The van der Waals surface area contributed by atoms with Gasteiger partial charge < -0.3 is 5.11 Å². The fraction of sp³-hybridized carbons (Fsp3) is 0.500. The van der Waals surface area contributed by atoms with E-state index >= 15 is 0 Å². The predicted octanol–water partition coefficient (Wildman–Crippen LogP) is 3.38. The lowest BCUT2D eigenvalue weighted by Crippen LogP contribution is -2.32. The van der Waals surface area contributed by atoms with Crippen LogP contribution < -0.4 is 0 Å². The van der Waals surface area contributed by atoms with Gasteiger partial charge in [-0.2, -0.15) is 0 Å². The molecule has 0 unspecified atom stereocenters. The summed E-state index contributed by atoms with van der Waals surface area (Å²) in [5, 5.41) is 9.25. The van der Waals surface area contributed by atoms with Gasteiger partial charge in [0.05, 0.1) is 5.92 Å². The molecule has 3 heteroatoms. The van der Waals surface area contributed by atoms with E-state index in [1.54, 1.807) is 0 Å². The van der Waals surface area contributed by atoms with E-state index in [-0.39, 0.29) is 11.7 Å². The first kappa shape index (κ1) is 13.8. The molecule has 1 N–H and O–H groups in total. The molecule has 0 radical (unpaired) electrons. The van der Waals surface area contributed by atoms with Gasteiger partial charge in [0, 0.05) is 11.5 Å². The fourth-order valence-corrected chi connectivity index (χ4v) is 2.85. The molecule has 1 fully saturated rings. The molecule has 0 saturated heterocycles. The van der Waals surface area contributed by atoms with Crippen LogP contribution in [0.25, 0.3) is 0 Å². The average molecular weight is 260 g/mol. The standard InChI is InChI=1S/C16H20O3/c1-10-7-8-12(9-11(10)2)15(17)13-5-3-4-6-14(13)16(18)19/h7-9,13-14H,3-6H2,1-2H3,(H,18,19)/t13-,14+/m0/s1. The highest BCUT2D eigenvalue weighted by atomic mass is 16.4. The van der Waals surface area contributed by atoms with Crippen molar-refractivity contribution >= 4 is 11.8 Å². The van der Waals surface area contributed by atoms with Gasteiger partial charge in [-0.25, -0.2) is 0 Å². The molecule has 1 aromatic rings. The highest BCUT2D eigenvalue weighted by Gasteiger charge is 2.35. The van der Waals surface area contributed by atoms with Crippen LogP contribution >= 0.6 is 0 Å². The van der Waals surface area contributed by atoms with Crippen LogP contribution in [0.15, 0.2) is 18.2 Å². The Balaban J connectivity index is 2.26. The largest absolute Gasteiger partial charge is 0.481 e. The number of carboxylic acid groups (broad SMARTS) is 1. The van der Waals surface area contributed by atoms with Crippen LogP contribution in [0.3, 0.4) is 0 Å². The molecule has 1 aromatic carbocycles. The van der Waals surface area contributed by atoms with Crippen LogP contribution in [0.1, 0.15) is 47.2 Å². The van der Waals surface area contributed by atoms with Crippen molar-refractivity contribution in [2.45, 2.75) is 39.5 Å². The van der Waals surface area contributed by atoms with Gasteiger partial charge in [0.15, 0.2) is 5.78 Å². The molecule has 0 aliphatic heterocycles. The minimum absolute atomic E-state index is 0.00444. The van der Waals surface area contributed by atoms with Gasteiger partial charge in [0.1, 0.15) is 0 Å². The number of rotatable bonds is 3. The van der Waals surface area contributed by atoms with E-state index in [1.165, 1.54) is 0 Å². The smallest absolute Gasteiger partial charge is 0.307 e. The van der Waals surface area contributed by atoms with E-state index in [2.05, 4.69) is 0 Å². The molecular formula is C16H20O3. The van der Waals surface area contributed by atoms with E-state index in [0.29, 0.717) is 18.4 Å². The summed E-state index contributed by atoms with van der Waals surface area (Å²) in [6.45, 7) is 3.98. The molecule has 1 aliphatic rings. The minimum Gasteiger partial charge on any atom is -0.481 e. The summed E-state index contributed by atoms with van der Waals surface area (Å²) in [5.74, 6) is -1.70. The van der Waals surface area contributed by atoms with E-state index in [0.717, 1.165) is 24.0 Å². The van der Waals surface area contributed by atoms with E-state index in [4.69, 9.17) is 0 Å². The van der Waals surface area contributed by atoms with Crippen LogP contribution in [-0.4, -0.2) is 16.9 Å². The lowest BCUT2D eigenvalue weighted by molar-refractivity contribution is -0.144. The first-order valence-corrected chi connectivity index (χ1v) is 6.85. The van der Waals surface area contributed by atoms with Crippen molar-refractivity contribution in [1.82, 2.24) is 0 Å². The zero-order valence-electron chi connectivity index (χ0n) is 11.5. The second-order valence-electron chi connectivity index (χ2n) is 5.50. The maximum Gasteiger partial charge on any atom is 0.307 e. The summed E-state index contributed by atoms with van der Waals surface area (Å²) in [5.41, 5.74) is 2.88. The van der Waals surface area contributed by atoms with Crippen molar-refractivity contribution < 1.29 is 14.7 Å². The molecule has 102 valence electrons. The number of aliphatic carboxylic acids is 1. The number of Topliss-reactive ketones (excluding diaryl/α,β-unsaturated/α-hetero) is 1. The number of hydrogen-bond donors (Lipinski definition) is 1. The second kappa shape index (κ2) is 5.55. The number of ketones is 1. The van der Waals surface area contributed by atoms with Gasteiger partial charge in [-0.3, -0.25) is 9.59 Å². The third kappa shape index (κ3) is 2.86. The molecule has 0 spiro atoms. The van der Waals surface area contributed by atoms with Crippen molar-refractivity contribution in [3.63, 3.8) is 0 Å². The Hall–Kier alpha value is -1.64. The van der Waals surface area contributed by atoms with Crippen molar-refractivity contribution in [3.8, 4) is 0 Å². The lowest BCUT2D eigenvalue weighted by atomic mass is 9.75. The quantitative estimate of drug-likeness (QED) is 0.848. The van der Waals surface area contributed by atoms with Gasteiger partial charge in [0.25, 0.3) is 0 Å². The van der Waals surface area contributed by atoms with Crippen molar-refractivity contribution in [3.05, 3.63) is 34.9 Å². The summed E-state index contributed by atoms with van der Waals surface area (Å²) in [4.78, 5) is 23.8. The van der Waals surface area contributed by atoms with Crippen LogP contribution in [0, 0.1) is 25.7 Å². The monoisotopic (exact) mass is 260 g/mol. The highest BCUT2D eigenvalue weighted by molar-refractivity contribution is 6.00. The normalized spacial score (nSPS) is 23.1. The molecule has 1 aliphatic carbocycles. The fourth-order valence-electron chi connectivity index (χ4n) is 2.85. The minimum atomic E-state index is -0.832. The molecule has 1 saturated carbocycles. The zero-order chi connectivity index (χ0) is 14.0. The average Bonchev–Trinajstić information content (AvgIpc) is 2.41. The van der Waals surface area contributed by atoms with Gasteiger partial charge >= 0.3 is 5.97 Å². The SMILES string of the molecule is Cc1ccc(C(=O)[C@H]2CCCC[C@H]2C(=O)O)cc1C. The molecule has 19 heavy (non-hydrogen) atoms. The van der Waals surface area contributed by atoms with Crippen molar-refractivity contribution in [1.29, 1.82) is 0 Å². The summed E-state index contributed by atoms with van der Waals surface area (Å²) < 4.78 is 0. The molecule has 0 heterocycles. The highest BCUT2D eigenvalue weighted by Crippen LogP contribution is 2.33. The maximum absolute atomic E-state index is 12.5. The third-order valence-corrected chi connectivity index (χ3v) is 4.21. The number of carboxylic acids is 1. The van der Waals surface area contributed by atoms with Crippen molar-refractivity contribution in [2.24, 2.45) is 11.8 Å². The Morgan fingerprint density at radius 2 is 1.68 bits per heavy atom. The Bertz CT molecular complexity index is 505. The van der Waals surface area contributed by atoms with E-state index in [9.17, 15) is 14.7 Å². The number of carbonyl (C=O) groups excluding carboxylic acids is 1. The Labute approximate surface area is 113 Å². The molecule has 3 nitrogen and oxygen atoms in total. The zero-order valence-corrected chi connectivity index (χ0v) is 11.5. The van der Waals surface area contributed by atoms with Crippen LogP contribution in [0.5, 0.6) is 0 Å². The summed E-state index contributed by atoms with van der Waals surface area (Å²) in [6, 6.07) is 5.63. The maximum atomic E-state index is 12.5. The second-order valence-corrected chi connectivity index (χ2v) is 5.50. The van der Waals surface area contributed by atoms with Gasteiger partial charge in [-0.15, -0.1) is 0 Å². The summed E-state index contributed by atoms with van der Waals surface area (Å²) >= 11 is 0. The van der Waals surface area contributed by atoms with E-state index < -0.39 is 11.9 Å². The number of benzene rings is 1. The van der Waals surface area contributed by atoms with Gasteiger partial charge in [-0.1, -0.05) is 25.0 Å². The van der Waals surface area contributed by atoms with E-state index in [1.807, 2.05) is 32.0 Å². The molecular weight excluding hydrogens is 240 g/mol. The third-order valence-electron chi connectivity index (χ3n) is 4.21. The Morgan fingerprint density at radius 1 is 1.05 bits per heavy atom. The molecule has 0 aromatic heterocycles. The van der Waals surface area contributed by atoms with Crippen molar-refractivity contribution in [2.75, 3.05) is 0 Å². The molecule has 0 amide bonds. The van der Waals surface area contributed by atoms with Gasteiger partial charge in [-0.05, 0) is 43.9 Å². The van der Waals surface area contributed by atoms with Crippen LogP contribution in [-0.2, 0) is 4.79 Å². The topological polar surface area (TPSA) is 54.4 Å². The number of carbonyl (C=O) groups is 2. The number of aryl methyl sites for hydroxylation is 2. The first-order valence-electron chi connectivity index (χ1n) is 6.85. The van der Waals surface area contributed by atoms with Crippen LogP contribution in [0.4, 0.5) is 0 Å². The predicted molar refractivity (Wildman–Crippen MR) is 73.3 cm³/mol. The Morgan fingerprint density at radius 3 is 2.26 bits per heavy atom. The lowest BCUT2D eigenvalue weighted by Gasteiger charge is -2.27. The first-order chi connectivity index (χ1) is 9.00. The molecule has 0 bridgehead atoms.